The Morgan fingerprint density at radius 3 is 2.06 bits per heavy atom. The molecule has 1 heterocycles. The minimum absolute atomic E-state index is 0.133. The summed E-state index contributed by atoms with van der Waals surface area (Å²) in [4.78, 5) is 16.3. The number of piperazine rings is 1. The van der Waals surface area contributed by atoms with E-state index in [1.807, 2.05) is 77.1 Å². The number of hydrogen-bond donors (Lipinski definition) is 0. The Balaban J connectivity index is 0.00000176. The summed E-state index contributed by atoms with van der Waals surface area (Å²) in [5.74, 6) is 0. The van der Waals surface area contributed by atoms with Crippen LogP contribution in [0.4, 0.5) is 4.79 Å². The lowest BCUT2D eigenvalue weighted by Crippen LogP contribution is -2.50. The zero-order chi connectivity index (χ0) is 23.6. The van der Waals surface area contributed by atoms with Crippen LogP contribution in [0.3, 0.4) is 0 Å². The average molecular weight is 461 g/mol. The number of hydrogen-bond acceptors (Lipinski definition) is 4. The molecule has 2 aromatic rings. The number of halogens is 1. The summed E-state index contributed by atoms with van der Waals surface area (Å²) < 4.78 is 11.8. The fourth-order valence-corrected chi connectivity index (χ4v) is 3.56. The van der Waals surface area contributed by atoms with Crippen molar-refractivity contribution in [1.29, 1.82) is 0 Å². The second-order valence-electron chi connectivity index (χ2n) is 8.52. The van der Waals surface area contributed by atoms with Gasteiger partial charge in [-0.3, -0.25) is 4.90 Å². The van der Waals surface area contributed by atoms with Crippen LogP contribution in [0.5, 0.6) is 0 Å². The Labute approximate surface area is 198 Å². The summed E-state index contributed by atoms with van der Waals surface area (Å²) in [5, 5.41) is 0.716. The van der Waals surface area contributed by atoms with Gasteiger partial charge in [-0.15, -0.1) is 0 Å². The standard InChI is InChI=1S/C24H31ClN2O3.C2H6/c1-24(2,3)30-23(28)27-15-13-26(14-16-27)17-18-29-22(19-7-5-4-6-8-19)20-9-11-21(25)12-10-20;1-2/h4-12,22H,13-18H2,1-3H3;1-2H3. The third kappa shape index (κ3) is 8.45. The van der Waals surface area contributed by atoms with Crippen molar-refractivity contribution in [2.45, 2.75) is 46.3 Å². The molecule has 0 radical (unpaired) electrons. The normalized spacial score (nSPS) is 15.5. The van der Waals surface area contributed by atoms with E-state index in [1.54, 1.807) is 4.90 Å². The van der Waals surface area contributed by atoms with Crippen LogP contribution in [0.15, 0.2) is 54.6 Å². The van der Waals surface area contributed by atoms with Gasteiger partial charge in [-0.25, -0.2) is 4.79 Å². The first-order valence-corrected chi connectivity index (χ1v) is 11.8. The largest absolute Gasteiger partial charge is 0.444 e. The molecule has 2 aromatic carbocycles. The van der Waals surface area contributed by atoms with E-state index in [4.69, 9.17) is 21.1 Å². The van der Waals surface area contributed by atoms with Gasteiger partial charge < -0.3 is 14.4 Å². The highest BCUT2D eigenvalue weighted by Gasteiger charge is 2.26. The second kappa shape index (κ2) is 12.8. The monoisotopic (exact) mass is 460 g/mol. The Kier molecular flexibility index (Phi) is 10.5. The molecule has 5 nitrogen and oxygen atoms in total. The van der Waals surface area contributed by atoms with Gasteiger partial charge >= 0.3 is 6.09 Å². The molecule has 1 aliphatic rings. The maximum Gasteiger partial charge on any atom is 0.410 e. The molecule has 6 heteroatoms. The van der Waals surface area contributed by atoms with Crippen molar-refractivity contribution in [2.75, 3.05) is 39.3 Å². The zero-order valence-corrected chi connectivity index (χ0v) is 20.8. The SMILES string of the molecule is CC.CC(C)(C)OC(=O)N1CCN(CCOC(c2ccccc2)c2ccc(Cl)cc2)CC1. The highest BCUT2D eigenvalue weighted by molar-refractivity contribution is 6.30. The lowest BCUT2D eigenvalue weighted by Gasteiger charge is -2.35. The number of benzene rings is 2. The summed E-state index contributed by atoms with van der Waals surface area (Å²) in [6.07, 6.45) is -0.364. The van der Waals surface area contributed by atoms with Gasteiger partial charge in [0.1, 0.15) is 11.7 Å². The number of carbonyl (C=O) groups is 1. The highest BCUT2D eigenvalue weighted by atomic mass is 35.5. The summed E-state index contributed by atoms with van der Waals surface area (Å²) in [5.41, 5.74) is 1.74. The van der Waals surface area contributed by atoms with Gasteiger partial charge in [0.15, 0.2) is 0 Å². The molecule has 0 N–H and O–H groups in total. The minimum atomic E-state index is -0.462. The third-order valence-corrected chi connectivity index (χ3v) is 5.24. The van der Waals surface area contributed by atoms with Gasteiger partial charge in [0, 0.05) is 37.7 Å². The molecular formula is C26H37ClN2O3. The molecule has 0 aromatic heterocycles. The van der Waals surface area contributed by atoms with Crippen molar-refractivity contribution in [2.24, 2.45) is 0 Å². The van der Waals surface area contributed by atoms with Crippen LogP contribution in [-0.2, 0) is 9.47 Å². The smallest absolute Gasteiger partial charge is 0.410 e. The van der Waals surface area contributed by atoms with Crippen LogP contribution in [0.2, 0.25) is 5.02 Å². The lowest BCUT2D eigenvalue weighted by molar-refractivity contribution is 0.00882. The molecule has 176 valence electrons. The fourth-order valence-electron chi connectivity index (χ4n) is 3.43. The predicted molar refractivity (Wildman–Crippen MR) is 131 cm³/mol. The van der Waals surface area contributed by atoms with Crippen molar-refractivity contribution < 1.29 is 14.3 Å². The summed E-state index contributed by atoms with van der Waals surface area (Å²) in [7, 11) is 0. The molecule has 0 saturated carbocycles. The van der Waals surface area contributed by atoms with Crippen LogP contribution in [0.25, 0.3) is 0 Å². The molecule has 1 atom stereocenters. The molecule has 32 heavy (non-hydrogen) atoms. The van der Waals surface area contributed by atoms with Crippen molar-refractivity contribution in [3.63, 3.8) is 0 Å². The van der Waals surface area contributed by atoms with Crippen LogP contribution < -0.4 is 0 Å². The van der Waals surface area contributed by atoms with Crippen LogP contribution >= 0.6 is 11.6 Å². The molecule has 0 bridgehead atoms. The number of ether oxygens (including phenoxy) is 2. The van der Waals surface area contributed by atoms with Crippen LogP contribution in [-0.4, -0.2) is 60.8 Å². The molecular weight excluding hydrogens is 424 g/mol. The number of amides is 1. The molecule has 1 unspecified atom stereocenters. The first-order valence-electron chi connectivity index (χ1n) is 11.4. The Hall–Kier alpha value is -2.08. The first kappa shape index (κ1) is 26.2. The van der Waals surface area contributed by atoms with Crippen LogP contribution in [0, 0.1) is 0 Å². The maximum atomic E-state index is 12.2. The minimum Gasteiger partial charge on any atom is -0.444 e. The molecule has 0 aliphatic carbocycles. The van der Waals surface area contributed by atoms with Gasteiger partial charge in [-0.05, 0) is 44.0 Å². The van der Waals surface area contributed by atoms with Crippen LogP contribution in [0.1, 0.15) is 51.8 Å². The summed E-state index contributed by atoms with van der Waals surface area (Å²) in [6.45, 7) is 14.1. The maximum absolute atomic E-state index is 12.2. The van der Waals surface area contributed by atoms with Gasteiger partial charge in [0.25, 0.3) is 0 Å². The van der Waals surface area contributed by atoms with E-state index in [-0.39, 0.29) is 12.2 Å². The Bertz CT molecular complexity index is 798. The molecule has 1 saturated heterocycles. The van der Waals surface area contributed by atoms with E-state index in [1.165, 1.54) is 0 Å². The first-order chi connectivity index (χ1) is 15.3. The van der Waals surface area contributed by atoms with Crippen molar-refractivity contribution >= 4 is 17.7 Å². The zero-order valence-electron chi connectivity index (χ0n) is 20.0. The van der Waals surface area contributed by atoms with Crippen molar-refractivity contribution in [3.8, 4) is 0 Å². The van der Waals surface area contributed by atoms with Crippen molar-refractivity contribution in [3.05, 3.63) is 70.7 Å². The van der Waals surface area contributed by atoms with Gasteiger partial charge in [-0.2, -0.15) is 0 Å². The molecule has 1 amide bonds. The lowest BCUT2D eigenvalue weighted by atomic mass is 10.0. The van der Waals surface area contributed by atoms with E-state index in [0.29, 0.717) is 24.7 Å². The van der Waals surface area contributed by atoms with Crippen molar-refractivity contribution in [1.82, 2.24) is 9.80 Å². The van der Waals surface area contributed by atoms with E-state index in [0.717, 1.165) is 30.8 Å². The molecule has 1 fully saturated rings. The van der Waals surface area contributed by atoms with E-state index in [9.17, 15) is 4.79 Å². The number of rotatable bonds is 6. The van der Waals surface area contributed by atoms with E-state index in [2.05, 4.69) is 17.0 Å². The Morgan fingerprint density at radius 2 is 1.50 bits per heavy atom. The van der Waals surface area contributed by atoms with Gasteiger partial charge in [0.2, 0.25) is 0 Å². The highest BCUT2D eigenvalue weighted by Crippen LogP contribution is 2.27. The van der Waals surface area contributed by atoms with Gasteiger partial charge in [0.05, 0.1) is 6.61 Å². The number of carbonyl (C=O) groups excluding carboxylic acids is 1. The van der Waals surface area contributed by atoms with E-state index < -0.39 is 5.60 Å². The quantitative estimate of drug-likeness (QED) is 0.528. The molecule has 3 rings (SSSR count). The van der Waals surface area contributed by atoms with E-state index >= 15 is 0 Å². The summed E-state index contributed by atoms with van der Waals surface area (Å²) >= 11 is 6.05. The Morgan fingerprint density at radius 1 is 0.938 bits per heavy atom. The number of nitrogens with zero attached hydrogens (tertiary/aromatic N) is 2. The second-order valence-corrected chi connectivity index (χ2v) is 8.96. The van der Waals surface area contributed by atoms with Gasteiger partial charge in [-0.1, -0.05) is 67.9 Å². The average Bonchev–Trinajstić information content (AvgIpc) is 2.79. The predicted octanol–water partition coefficient (Wildman–Crippen LogP) is 6.02. The third-order valence-electron chi connectivity index (χ3n) is 4.99. The summed E-state index contributed by atoms with van der Waals surface area (Å²) in [6, 6.07) is 18.0. The topological polar surface area (TPSA) is 42.0 Å². The fraction of sp³-hybridized carbons (Fsp3) is 0.500. The molecule has 1 aliphatic heterocycles. The molecule has 0 spiro atoms.